The number of benzene rings is 2. The topological polar surface area (TPSA) is 66.8 Å². The van der Waals surface area contributed by atoms with Crippen molar-refractivity contribution >= 4 is 16.9 Å². The van der Waals surface area contributed by atoms with Gasteiger partial charge in [0.15, 0.2) is 0 Å². The van der Waals surface area contributed by atoms with Crippen molar-refractivity contribution in [1.29, 1.82) is 0 Å². The van der Waals surface area contributed by atoms with E-state index in [1.165, 1.54) is 11.1 Å². The third-order valence-electron chi connectivity index (χ3n) is 5.28. The number of hydrogen-bond acceptors (Lipinski definition) is 3. The molecule has 27 heavy (non-hydrogen) atoms. The molecule has 134 valence electrons. The van der Waals surface area contributed by atoms with Crippen LogP contribution < -0.4 is 0 Å². The molecule has 0 spiro atoms. The standard InChI is InChI=1S/C21H19N5O/c1-25-10-16(9-24-25)18-12-26(11-15-4-2-3-5-17(15)18)21(27)14-6-7-19-20(8-14)23-13-22-19/h2-10,13,18H,11-12H2,1H3,(H,22,23). The summed E-state index contributed by atoms with van der Waals surface area (Å²) >= 11 is 0. The molecule has 1 unspecified atom stereocenters. The zero-order valence-corrected chi connectivity index (χ0v) is 15.0. The van der Waals surface area contributed by atoms with E-state index in [9.17, 15) is 4.79 Å². The lowest BCUT2D eigenvalue weighted by atomic mass is 9.86. The smallest absolute Gasteiger partial charge is 0.254 e. The van der Waals surface area contributed by atoms with Crippen LogP contribution in [-0.2, 0) is 13.6 Å². The van der Waals surface area contributed by atoms with E-state index in [4.69, 9.17) is 0 Å². The van der Waals surface area contributed by atoms with E-state index in [0.29, 0.717) is 18.7 Å². The summed E-state index contributed by atoms with van der Waals surface area (Å²) in [6.45, 7) is 1.26. The van der Waals surface area contributed by atoms with Gasteiger partial charge in [-0.05, 0) is 34.9 Å². The first kappa shape index (κ1) is 15.8. The summed E-state index contributed by atoms with van der Waals surface area (Å²) in [5.41, 5.74) is 6.01. The van der Waals surface area contributed by atoms with Crippen LogP contribution in [0.25, 0.3) is 11.0 Å². The lowest BCUT2D eigenvalue weighted by molar-refractivity contribution is 0.0725. The molecule has 1 aliphatic heterocycles. The van der Waals surface area contributed by atoms with Crippen LogP contribution in [0, 0.1) is 0 Å². The Morgan fingerprint density at radius 2 is 2.11 bits per heavy atom. The Balaban J connectivity index is 1.52. The highest BCUT2D eigenvalue weighted by Crippen LogP contribution is 2.34. The molecule has 0 saturated heterocycles. The van der Waals surface area contributed by atoms with Crippen LogP contribution in [-0.4, -0.2) is 37.1 Å². The first-order chi connectivity index (χ1) is 13.2. The molecule has 0 radical (unpaired) electrons. The number of nitrogens with zero attached hydrogens (tertiary/aromatic N) is 4. The molecule has 1 amide bonds. The second kappa shape index (κ2) is 6.09. The highest BCUT2D eigenvalue weighted by Gasteiger charge is 2.30. The quantitative estimate of drug-likeness (QED) is 0.599. The van der Waals surface area contributed by atoms with Crippen LogP contribution in [0.15, 0.2) is 61.2 Å². The average Bonchev–Trinajstić information content (AvgIpc) is 3.34. The van der Waals surface area contributed by atoms with Gasteiger partial charge in [0, 0.05) is 37.8 Å². The molecule has 4 aromatic rings. The summed E-state index contributed by atoms with van der Waals surface area (Å²) in [4.78, 5) is 22.5. The fourth-order valence-electron chi connectivity index (χ4n) is 3.92. The molecule has 0 saturated carbocycles. The highest BCUT2D eigenvalue weighted by molar-refractivity contribution is 5.97. The Morgan fingerprint density at radius 1 is 1.22 bits per heavy atom. The van der Waals surface area contributed by atoms with Crippen molar-refractivity contribution in [2.24, 2.45) is 7.05 Å². The molecular weight excluding hydrogens is 338 g/mol. The number of rotatable bonds is 2. The second-order valence-corrected chi connectivity index (χ2v) is 7.02. The number of fused-ring (bicyclic) bond motifs is 2. The monoisotopic (exact) mass is 357 g/mol. The van der Waals surface area contributed by atoms with Gasteiger partial charge in [-0.2, -0.15) is 5.10 Å². The Labute approximate surface area is 156 Å². The Kier molecular flexibility index (Phi) is 3.57. The Hall–Kier alpha value is -3.41. The first-order valence-electron chi connectivity index (χ1n) is 8.98. The predicted octanol–water partition coefficient (Wildman–Crippen LogP) is 3.08. The lowest BCUT2D eigenvalue weighted by Gasteiger charge is -2.34. The zero-order valence-electron chi connectivity index (χ0n) is 15.0. The molecule has 0 aliphatic carbocycles. The molecule has 1 atom stereocenters. The minimum atomic E-state index is 0.0369. The van der Waals surface area contributed by atoms with E-state index in [1.54, 1.807) is 6.33 Å². The minimum Gasteiger partial charge on any atom is -0.345 e. The number of imidazole rings is 1. The number of H-pyrrole nitrogens is 1. The van der Waals surface area contributed by atoms with Crippen LogP contribution in [0.3, 0.4) is 0 Å². The summed E-state index contributed by atoms with van der Waals surface area (Å²) in [5.74, 6) is 0.165. The Morgan fingerprint density at radius 3 is 2.96 bits per heavy atom. The third kappa shape index (κ3) is 2.70. The molecule has 3 heterocycles. The maximum atomic E-state index is 13.2. The van der Waals surface area contributed by atoms with Gasteiger partial charge in [-0.1, -0.05) is 24.3 Å². The van der Waals surface area contributed by atoms with Crippen molar-refractivity contribution < 1.29 is 4.79 Å². The molecule has 0 fully saturated rings. The third-order valence-corrected chi connectivity index (χ3v) is 5.28. The van der Waals surface area contributed by atoms with Gasteiger partial charge in [0.05, 0.1) is 23.6 Å². The fourth-order valence-corrected chi connectivity index (χ4v) is 3.92. The van der Waals surface area contributed by atoms with Gasteiger partial charge in [0.25, 0.3) is 5.91 Å². The number of aryl methyl sites for hydroxylation is 1. The van der Waals surface area contributed by atoms with Gasteiger partial charge < -0.3 is 9.88 Å². The molecule has 6 heteroatoms. The van der Waals surface area contributed by atoms with Crippen LogP contribution in [0.2, 0.25) is 0 Å². The van der Waals surface area contributed by atoms with Crippen molar-refractivity contribution in [3.05, 3.63) is 83.4 Å². The van der Waals surface area contributed by atoms with Crippen LogP contribution >= 0.6 is 0 Å². The highest BCUT2D eigenvalue weighted by atomic mass is 16.2. The Bertz CT molecular complexity index is 1140. The largest absolute Gasteiger partial charge is 0.345 e. The number of nitrogens with one attached hydrogen (secondary N) is 1. The lowest BCUT2D eigenvalue weighted by Crippen LogP contribution is -2.38. The number of amides is 1. The molecule has 5 rings (SSSR count). The maximum absolute atomic E-state index is 13.2. The van der Waals surface area contributed by atoms with Crippen molar-refractivity contribution in [3.63, 3.8) is 0 Å². The maximum Gasteiger partial charge on any atom is 0.254 e. The first-order valence-corrected chi connectivity index (χ1v) is 8.98. The van der Waals surface area contributed by atoms with Gasteiger partial charge in [-0.15, -0.1) is 0 Å². The number of hydrogen-bond donors (Lipinski definition) is 1. The summed E-state index contributed by atoms with van der Waals surface area (Å²) in [7, 11) is 1.92. The van der Waals surface area contributed by atoms with Gasteiger partial charge in [0.1, 0.15) is 0 Å². The molecular formula is C21H19N5O. The second-order valence-electron chi connectivity index (χ2n) is 7.02. The van der Waals surface area contributed by atoms with Gasteiger partial charge in [-0.3, -0.25) is 9.48 Å². The molecule has 2 aromatic heterocycles. The number of aromatic amines is 1. The van der Waals surface area contributed by atoms with E-state index < -0.39 is 0 Å². The van der Waals surface area contributed by atoms with E-state index >= 15 is 0 Å². The van der Waals surface area contributed by atoms with E-state index in [1.807, 2.05) is 53.3 Å². The summed E-state index contributed by atoms with van der Waals surface area (Å²) < 4.78 is 1.81. The number of carbonyl (C=O) groups is 1. The van der Waals surface area contributed by atoms with Gasteiger partial charge in [-0.25, -0.2) is 4.98 Å². The number of aromatic nitrogens is 4. The molecule has 1 N–H and O–H groups in total. The van der Waals surface area contributed by atoms with Crippen molar-refractivity contribution in [2.75, 3.05) is 6.54 Å². The summed E-state index contributed by atoms with van der Waals surface area (Å²) in [5, 5.41) is 4.32. The van der Waals surface area contributed by atoms with E-state index in [2.05, 4.69) is 33.3 Å². The van der Waals surface area contributed by atoms with Gasteiger partial charge >= 0.3 is 0 Å². The van der Waals surface area contributed by atoms with Crippen LogP contribution in [0.4, 0.5) is 0 Å². The molecule has 2 aromatic carbocycles. The van der Waals surface area contributed by atoms with Gasteiger partial charge in [0.2, 0.25) is 0 Å². The molecule has 6 nitrogen and oxygen atoms in total. The summed E-state index contributed by atoms with van der Waals surface area (Å²) in [6.07, 6.45) is 5.58. The van der Waals surface area contributed by atoms with Crippen molar-refractivity contribution in [2.45, 2.75) is 12.5 Å². The molecule has 0 bridgehead atoms. The van der Waals surface area contributed by atoms with Crippen LogP contribution in [0.5, 0.6) is 0 Å². The normalized spacial score (nSPS) is 16.5. The number of carbonyl (C=O) groups excluding carboxylic acids is 1. The van der Waals surface area contributed by atoms with E-state index in [-0.39, 0.29) is 11.8 Å². The SMILES string of the molecule is Cn1cc(C2CN(C(=O)c3ccc4nc[nH]c4c3)Cc3ccccc32)cn1. The zero-order chi connectivity index (χ0) is 18.4. The van der Waals surface area contributed by atoms with E-state index in [0.717, 1.165) is 16.6 Å². The van der Waals surface area contributed by atoms with Crippen molar-refractivity contribution in [1.82, 2.24) is 24.6 Å². The predicted molar refractivity (Wildman–Crippen MR) is 102 cm³/mol. The van der Waals surface area contributed by atoms with Crippen molar-refractivity contribution in [3.8, 4) is 0 Å². The van der Waals surface area contributed by atoms with Crippen LogP contribution in [0.1, 0.15) is 33.0 Å². The molecule has 1 aliphatic rings. The fraction of sp³-hybridized carbons (Fsp3) is 0.190. The minimum absolute atomic E-state index is 0.0369. The summed E-state index contributed by atoms with van der Waals surface area (Å²) in [6, 6.07) is 14.0. The average molecular weight is 357 g/mol.